The number of nitrogens with zero attached hydrogens (tertiary/aromatic N) is 1. The zero-order valence-electron chi connectivity index (χ0n) is 21.3. The highest BCUT2D eigenvalue weighted by atomic mass is 35.5. The van der Waals surface area contributed by atoms with Crippen molar-refractivity contribution in [2.75, 3.05) is 39.4 Å². The number of amides is 1. The van der Waals surface area contributed by atoms with Crippen LogP contribution in [0.25, 0.3) is 5.76 Å². The number of aryl methyl sites for hydroxylation is 1. The van der Waals surface area contributed by atoms with E-state index < -0.39 is 23.5 Å². The van der Waals surface area contributed by atoms with Crippen molar-refractivity contribution < 1.29 is 29.1 Å². The molecule has 2 saturated heterocycles. The number of morpholine rings is 1. The summed E-state index contributed by atoms with van der Waals surface area (Å²) in [5, 5.41) is 14.4. The molecule has 1 atom stereocenters. The molecule has 4 rings (SSSR count). The minimum absolute atomic E-state index is 0.0180. The highest BCUT2D eigenvalue weighted by molar-refractivity contribution is 6.46. The summed E-state index contributed by atoms with van der Waals surface area (Å²) in [5.74, 6) is -1.26. The van der Waals surface area contributed by atoms with Gasteiger partial charge in [0.25, 0.3) is 5.91 Å². The summed E-state index contributed by atoms with van der Waals surface area (Å²) >= 11 is 12.4. The quantitative estimate of drug-likeness (QED) is 0.312. The Bertz CT molecular complexity index is 1210. The molecule has 198 valence electrons. The second-order valence-electron chi connectivity index (χ2n) is 9.76. The predicted molar refractivity (Wildman–Crippen MR) is 141 cm³/mol. The van der Waals surface area contributed by atoms with Gasteiger partial charge in [-0.05, 0) is 61.7 Å². The molecule has 2 fully saturated rings. The van der Waals surface area contributed by atoms with Crippen molar-refractivity contribution >= 4 is 40.7 Å². The molecule has 2 aromatic rings. The van der Waals surface area contributed by atoms with Crippen LogP contribution in [0.5, 0.6) is 5.75 Å². The van der Waals surface area contributed by atoms with Crippen molar-refractivity contribution in [2.24, 2.45) is 0 Å². The molecule has 1 amide bonds. The van der Waals surface area contributed by atoms with Gasteiger partial charge in [0.05, 0.1) is 41.9 Å². The first-order chi connectivity index (χ1) is 17.7. The van der Waals surface area contributed by atoms with Gasteiger partial charge in [-0.2, -0.15) is 0 Å². The lowest BCUT2D eigenvalue weighted by Gasteiger charge is -2.29. The molecule has 0 aromatic heterocycles. The predicted octanol–water partition coefficient (Wildman–Crippen LogP) is 2.62. The minimum Gasteiger partial charge on any atom is -0.872 e. The van der Waals surface area contributed by atoms with E-state index >= 15 is 0 Å². The van der Waals surface area contributed by atoms with Gasteiger partial charge in [-0.15, -0.1) is 0 Å². The first-order valence-corrected chi connectivity index (χ1v) is 13.3. The molecule has 9 heteroatoms. The van der Waals surface area contributed by atoms with E-state index in [-0.39, 0.29) is 11.7 Å². The van der Waals surface area contributed by atoms with Crippen LogP contribution in [0.15, 0.2) is 42.0 Å². The maximum Gasteiger partial charge on any atom is 0.295 e. The maximum atomic E-state index is 13.7. The van der Waals surface area contributed by atoms with E-state index in [2.05, 4.69) is 0 Å². The molecule has 2 heterocycles. The van der Waals surface area contributed by atoms with Gasteiger partial charge in [0, 0.05) is 18.5 Å². The van der Waals surface area contributed by atoms with Gasteiger partial charge in [-0.1, -0.05) is 41.1 Å². The van der Waals surface area contributed by atoms with Gasteiger partial charge >= 0.3 is 0 Å². The summed E-state index contributed by atoms with van der Waals surface area (Å²) in [6.07, 6.45) is 0.670. The van der Waals surface area contributed by atoms with Gasteiger partial charge in [-0.25, -0.2) is 0 Å². The fourth-order valence-corrected chi connectivity index (χ4v) is 5.18. The van der Waals surface area contributed by atoms with Gasteiger partial charge in [0.1, 0.15) is 18.8 Å². The van der Waals surface area contributed by atoms with Crippen LogP contribution >= 0.6 is 23.2 Å². The Morgan fingerprint density at radius 2 is 1.86 bits per heavy atom. The van der Waals surface area contributed by atoms with Crippen LogP contribution < -0.4 is 14.7 Å². The molecule has 0 bridgehead atoms. The molecule has 1 unspecified atom stereocenters. The number of nitrogens with one attached hydrogen (secondary N) is 1. The topological polar surface area (TPSA) is 83.3 Å². The monoisotopic (exact) mass is 546 g/mol. The SMILES string of the molecule is Cc1cc(/C([O-])=C2\C(=O)C(=O)N(CCC[NH+]3CCOCC3)C2c2ccc(Cl)c(Cl)c2)ccc1OC(C)C. The molecular formula is C28H32Cl2N2O5. The van der Waals surface area contributed by atoms with Crippen molar-refractivity contribution in [1.82, 2.24) is 4.90 Å². The normalized spacial score (nSPS) is 20.2. The summed E-state index contributed by atoms with van der Waals surface area (Å²) in [7, 11) is 0. The largest absolute Gasteiger partial charge is 0.872 e. The Morgan fingerprint density at radius 1 is 1.14 bits per heavy atom. The summed E-state index contributed by atoms with van der Waals surface area (Å²) in [5.41, 5.74) is 1.61. The third-order valence-electron chi connectivity index (χ3n) is 6.72. The molecule has 2 aliphatic heterocycles. The van der Waals surface area contributed by atoms with Crippen molar-refractivity contribution in [3.63, 3.8) is 0 Å². The van der Waals surface area contributed by atoms with Crippen molar-refractivity contribution in [2.45, 2.75) is 39.3 Å². The number of benzene rings is 2. The summed E-state index contributed by atoms with van der Waals surface area (Å²) in [6, 6.07) is 9.17. The molecule has 0 spiro atoms. The molecule has 0 radical (unpaired) electrons. The highest BCUT2D eigenvalue weighted by Gasteiger charge is 2.44. The number of likely N-dealkylation sites (tertiary alicyclic amines) is 1. The van der Waals surface area contributed by atoms with Crippen LogP contribution in [-0.4, -0.2) is 62.1 Å². The average Bonchev–Trinajstić information content (AvgIpc) is 3.12. The van der Waals surface area contributed by atoms with Crippen LogP contribution in [0.3, 0.4) is 0 Å². The fourth-order valence-electron chi connectivity index (χ4n) is 4.87. The molecule has 7 nitrogen and oxygen atoms in total. The number of carbonyl (C=O) groups is 2. The van der Waals surface area contributed by atoms with Crippen molar-refractivity contribution in [1.29, 1.82) is 0 Å². The summed E-state index contributed by atoms with van der Waals surface area (Å²) in [4.78, 5) is 29.4. The van der Waals surface area contributed by atoms with Gasteiger partial charge in [0.2, 0.25) is 5.78 Å². The lowest BCUT2D eigenvalue weighted by Crippen LogP contribution is -3.14. The lowest BCUT2D eigenvalue weighted by atomic mass is 9.94. The maximum absolute atomic E-state index is 13.7. The van der Waals surface area contributed by atoms with E-state index in [0.29, 0.717) is 39.9 Å². The minimum atomic E-state index is -0.839. The molecule has 37 heavy (non-hydrogen) atoms. The van der Waals surface area contributed by atoms with Gasteiger partial charge in [0.15, 0.2) is 0 Å². The van der Waals surface area contributed by atoms with Gasteiger partial charge in [-0.3, -0.25) is 9.59 Å². The molecular weight excluding hydrogens is 515 g/mol. The third kappa shape index (κ3) is 6.12. The number of hydrogen-bond acceptors (Lipinski definition) is 5. The van der Waals surface area contributed by atoms with E-state index in [1.807, 2.05) is 20.8 Å². The van der Waals surface area contributed by atoms with Crippen molar-refractivity contribution in [3.05, 3.63) is 68.7 Å². The zero-order chi connectivity index (χ0) is 26.7. The number of Topliss-reactive ketones (excluding diaryl/α,β-unsaturated/α-hetero) is 1. The number of ketones is 1. The summed E-state index contributed by atoms with van der Waals surface area (Å²) < 4.78 is 11.2. The average molecular weight is 547 g/mol. The smallest absolute Gasteiger partial charge is 0.295 e. The number of halogens is 2. The van der Waals surface area contributed by atoms with Crippen LogP contribution in [0.2, 0.25) is 10.0 Å². The fraction of sp³-hybridized carbons (Fsp3) is 0.429. The second-order valence-corrected chi connectivity index (χ2v) is 10.6. The molecule has 0 aliphatic carbocycles. The van der Waals surface area contributed by atoms with Crippen LogP contribution in [0, 0.1) is 6.92 Å². The Labute approximate surface area is 227 Å². The standard InChI is InChI=1S/C28H32Cl2N2O5/c1-17(2)37-23-8-6-20(15-18(23)3)26(33)24-25(19-5-7-21(29)22(30)16-19)32(28(35)27(24)34)10-4-9-31-11-13-36-14-12-31/h5-8,15-17,25,33H,4,9-14H2,1-3H3/b26-24+. The van der Waals surface area contributed by atoms with E-state index in [9.17, 15) is 14.7 Å². The molecule has 2 aliphatic rings. The van der Waals surface area contributed by atoms with Crippen LogP contribution in [-0.2, 0) is 14.3 Å². The van der Waals surface area contributed by atoms with Crippen LogP contribution in [0.1, 0.15) is 43.0 Å². The lowest BCUT2D eigenvalue weighted by molar-refractivity contribution is -0.908. The second kappa shape index (κ2) is 11.9. The molecule has 2 aromatic carbocycles. The first-order valence-electron chi connectivity index (χ1n) is 12.6. The van der Waals surface area contributed by atoms with Gasteiger partial charge < -0.3 is 24.4 Å². The Hall–Kier alpha value is -2.58. The Kier molecular flexibility index (Phi) is 8.80. The number of hydrogen-bond donors (Lipinski definition) is 1. The number of rotatable bonds is 8. The van der Waals surface area contributed by atoms with E-state index in [4.69, 9.17) is 32.7 Å². The van der Waals surface area contributed by atoms with E-state index in [0.717, 1.165) is 38.4 Å². The Balaban J connectivity index is 1.70. The Morgan fingerprint density at radius 3 is 2.51 bits per heavy atom. The van der Waals surface area contributed by atoms with Crippen molar-refractivity contribution in [3.8, 4) is 5.75 Å². The van der Waals surface area contributed by atoms with E-state index in [1.165, 1.54) is 9.80 Å². The number of carbonyl (C=O) groups excluding carboxylic acids is 2. The highest BCUT2D eigenvalue weighted by Crippen LogP contribution is 2.40. The molecule has 0 saturated carbocycles. The summed E-state index contributed by atoms with van der Waals surface area (Å²) in [6.45, 7) is 10.1. The zero-order valence-corrected chi connectivity index (χ0v) is 22.8. The van der Waals surface area contributed by atoms with Crippen LogP contribution in [0.4, 0.5) is 0 Å². The third-order valence-corrected chi connectivity index (χ3v) is 7.46. The number of quaternary nitrogens is 1. The number of ether oxygens (including phenoxy) is 2. The van der Waals surface area contributed by atoms with E-state index in [1.54, 1.807) is 36.4 Å². The molecule has 1 N–H and O–H groups in total. The first kappa shape index (κ1) is 27.5.